The van der Waals surface area contributed by atoms with Gasteiger partial charge in [-0.1, -0.05) is 24.3 Å². The predicted molar refractivity (Wildman–Crippen MR) is 120 cm³/mol. The fourth-order valence-electron chi connectivity index (χ4n) is 3.98. The molecule has 1 saturated heterocycles. The lowest BCUT2D eigenvalue weighted by Crippen LogP contribution is -2.32. The maximum atomic E-state index is 11.1. The van der Waals surface area contributed by atoms with Crippen LogP contribution in [-0.2, 0) is 11.2 Å². The van der Waals surface area contributed by atoms with E-state index in [-0.39, 0.29) is 12.3 Å². The van der Waals surface area contributed by atoms with Crippen molar-refractivity contribution in [3.05, 3.63) is 48.3 Å². The van der Waals surface area contributed by atoms with Crippen molar-refractivity contribution in [2.24, 2.45) is 11.7 Å². The van der Waals surface area contributed by atoms with Crippen molar-refractivity contribution in [2.45, 2.75) is 19.3 Å². The van der Waals surface area contributed by atoms with Crippen molar-refractivity contribution in [1.29, 1.82) is 0 Å². The number of fused-ring (bicyclic) bond motifs is 1. The highest BCUT2D eigenvalue weighted by atomic mass is 16.5. The molecule has 4 rings (SSSR count). The molecule has 0 bridgehead atoms. The van der Waals surface area contributed by atoms with Crippen LogP contribution in [0.25, 0.3) is 22.2 Å². The lowest BCUT2D eigenvalue weighted by Gasteiger charge is -2.28. The van der Waals surface area contributed by atoms with Gasteiger partial charge in [-0.15, -0.1) is 0 Å². The quantitative estimate of drug-likeness (QED) is 0.632. The number of methoxy groups -OCH3 is 1. The van der Waals surface area contributed by atoms with Crippen LogP contribution in [-0.4, -0.2) is 54.6 Å². The molecule has 1 aliphatic heterocycles. The number of likely N-dealkylation sites (tertiary alicyclic amines) is 1. The number of primary amides is 1. The van der Waals surface area contributed by atoms with E-state index in [1.807, 2.05) is 36.4 Å². The monoisotopic (exact) mass is 420 g/mol. The third-order valence-corrected chi connectivity index (χ3v) is 5.84. The number of carbonyl (C=O) groups is 1. The van der Waals surface area contributed by atoms with E-state index in [9.17, 15) is 4.79 Å². The summed E-state index contributed by atoms with van der Waals surface area (Å²) in [4.78, 5) is 22.4. The van der Waals surface area contributed by atoms with Crippen molar-refractivity contribution in [3.8, 4) is 22.8 Å². The van der Waals surface area contributed by atoms with Crippen LogP contribution < -0.4 is 15.2 Å². The van der Waals surface area contributed by atoms with Gasteiger partial charge in [-0.2, -0.15) is 0 Å². The number of piperidine rings is 1. The van der Waals surface area contributed by atoms with Crippen LogP contribution in [0.2, 0.25) is 0 Å². The second-order valence-corrected chi connectivity index (χ2v) is 8.14. The predicted octanol–water partition coefficient (Wildman–Crippen LogP) is 3.05. The molecule has 2 N–H and O–H groups in total. The zero-order chi connectivity index (χ0) is 21.8. The second kappa shape index (κ2) is 9.31. The van der Waals surface area contributed by atoms with Crippen molar-refractivity contribution >= 4 is 16.8 Å². The van der Waals surface area contributed by atoms with E-state index in [1.54, 1.807) is 13.4 Å². The number of ether oxygens (including phenoxy) is 2. The van der Waals surface area contributed by atoms with Crippen LogP contribution in [0.5, 0.6) is 11.5 Å². The zero-order valence-electron chi connectivity index (χ0n) is 18.0. The molecule has 2 aromatic carbocycles. The largest absolute Gasteiger partial charge is 0.493 e. The van der Waals surface area contributed by atoms with E-state index >= 15 is 0 Å². The SMILES string of the molecule is COc1cc2c(-c3ccc(CC(N)=O)cc3)ncnc2cc1OCC1CCN(C)CC1. The van der Waals surface area contributed by atoms with Crippen LogP contribution in [0.15, 0.2) is 42.7 Å². The summed E-state index contributed by atoms with van der Waals surface area (Å²) >= 11 is 0. The molecule has 1 fully saturated rings. The number of nitrogens with zero attached hydrogens (tertiary/aromatic N) is 3. The van der Waals surface area contributed by atoms with Crippen LogP contribution in [0.1, 0.15) is 18.4 Å². The Morgan fingerprint density at radius 3 is 2.55 bits per heavy atom. The summed E-state index contributed by atoms with van der Waals surface area (Å²) in [6, 6.07) is 11.5. The fourth-order valence-corrected chi connectivity index (χ4v) is 3.98. The van der Waals surface area contributed by atoms with E-state index in [2.05, 4.69) is 21.9 Å². The maximum absolute atomic E-state index is 11.1. The Labute approximate surface area is 182 Å². The molecule has 31 heavy (non-hydrogen) atoms. The molecule has 2 heterocycles. The number of nitrogens with two attached hydrogens (primary N) is 1. The fraction of sp³-hybridized carbons (Fsp3) is 0.375. The molecule has 3 aromatic rings. The Kier molecular flexibility index (Phi) is 6.32. The first kappa shape index (κ1) is 21.1. The van der Waals surface area contributed by atoms with Crippen molar-refractivity contribution < 1.29 is 14.3 Å². The summed E-state index contributed by atoms with van der Waals surface area (Å²) < 4.78 is 11.8. The van der Waals surface area contributed by atoms with Crippen molar-refractivity contribution in [2.75, 3.05) is 33.9 Å². The van der Waals surface area contributed by atoms with Crippen LogP contribution in [0, 0.1) is 5.92 Å². The van der Waals surface area contributed by atoms with Crippen LogP contribution >= 0.6 is 0 Å². The Bertz CT molecular complexity index is 1060. The molecule has 0 unspecified atom stereocenters. The van der Waals surface area contributed by atoms with Gasteiger partial charge in [-0.3, -0.25) is 4.79 Å². The highest BCUT2D eigenvalue weighted by Crippen LogP contribution is 2.36. The van der Waals surface area contributed by atoms with Gasteiger partial charge in [0.2, 0.25) is 5.91 Å². The minimum atomic E-state index is -0.349. The Hall–Kier alpha value is -3.19. The molecular weight excluding hydrogens is 392 g/mol. The normalized spacial score (nSPS) is 15.2. The summed E-state index contributed by atoms with van der Waals surface area (Å²) in [7, 11) is 3.80. The van der Waals surface area contributed by atoms with E-state index in [1.165, 1.54) is 0 Å². The number of benzene rings is 2. The Morgan fingerprint density at radius 2 is 1.87 bits per heavy atom. The summed E-state index contributed by atoms with van der Waals surface area (Å²) in [6.45, 7) is 2.89. The summed E-state index contributed by atoms with van der Waals surface area (Å²) in [6.07, 6.45) is 4.06. The molecule has 162 valence electrons. The summed E-state index contributed by atoms with van der Waals surface area (Å²) in [5.41, 5.74) is 8.69. The Balaban J connectivity index is 1.60. The third-order valence-electron chi connectivity index (χ3n) is 5.84. The molecule has 7 nitrogen and oxygen atoms in total. The molecule has 1 aliphatic rings. The number of rotatable bonds is 7. The number of hydrogen-bond acceptors (Lipinski definition) is 6. The average Bonchev–Trinajstić information content (AvgIpc) is 2.78. The molecule has 1 aromatic heterocycles. The topological polar surface area (TPSA) is 90.6 Å². The van der Waals surface area contributed by atoms with E-state index < -0.39 is 0 Å². The summed E-state index contributed by atoms with van der Waals surface area (Å²) in [5.74, 6) is 1.58. The van der Waals surface area contributed by atoms with Gasteiger partial charge >= 0.3 is 0 Å². The molecule has 0 aliphatic carbocycles. The Morgan fingerprint density at radius 1 is 1.13 bits per heavy atom. The minimum absolute atomic E-state index is 0.219. The van der Waals surface area contributed by atoms with Gasteiger partial charge in [0.15, 0.2) is 11.5 Å². The van der Waals surface area contributed by atoms with Crippen LogP contribution in [0.3, 0.4) is 0 Å². The lowest BCUT2D eigenvalue weighted by atomic mass is 9.98. The standard InChI is InChI=1S/C24H28N4O3/c1-28-9-7-17(8-10-28)14-31-22-13-20-19(12-21(22)30-2)24(27-15-26-20)18-5-3-16(4-6-18)11-23(25)29/h3-6,12-13,15,17H,7-11,14H2,1-2H3,(H2,25,29). The van der Waals surface area contributed by atoms with Gasteiger partial charge in [0.1, 0.15) is 6.33 Å². The lowest BCUT2D eigenvalue weighted by molar-refractivity contribution is -0.117. The molecule has 0 radical (unpaired) electrons. The second-order valence-electron chi connectivity index (χ2n) is 8.14. The molecule has 0 saturated carbocycles. The zero-order valence-corrected chi connectivity index (χ0v) is 18.0. The first-order valence-corrected chi connectivity index (χ1v) is 10.5. The molecule has 1 amide bonds. The summed E-state index contributed by atoms with van der Waals surface area (Å²) in [5, 5.41) is 0.883. The minimum Gasteiger partial charge on any atom is -0.493 e. The van der Waals surface area contributed by atoms with Gasteiger partial charge < -0.3 is 20.1 Å². The molecule has 7 heteroatoms. The number of amides is 1. The molecular formula is C24H28N4O3. The van der Waals surface area contributed by atoms with E-state index in [0.717, 1.165) is 53.7 Å². The van der Waals surface area contributed by atoms with Gasteiger partial charge in [0, 0.05) is 17.0 Å². The number of hydrogen-bond donors (Lipinski definition) is 1. The van der Waals surface area contributed by atoms with E-state index in [0.29, 0.717) is 24.0 Å². The van der Waals surface area contributed by atoms with Gasteiger partial charge in [0.25, 0.3) is 0 Å². The number of carbonyl (C=O) groups excluding carboxylic acids is 1. The van der Waals surface area contributed by atoms with Crippen molar-refractivity contribution in [1.82, 2.24) is 14.9 Å². The third kappa shape index (κ3) is 4.94. The highest BCUT2D eigenvalue weighted by Gasteiger charge is 2.19. The van der Waals surface area contributed by atoms with Gasteiger partial charge in [-0.05, 0) is 50.5 Å². The maximum Gasteiger partial charge on any atom is 0.221 e. The van der Waals surface area contributed by atoms with Gasteiger partial charge in [-0.25, -0.2) is 9.97 Å². The smallest absolute Gasteiger partial charge is 0.221 e. The van der Waals surface area contributed by atoms with Crippen LogP contribution in [0.4, 0.5) is 0 Å². The molecule has 0 atom stereocenters. The highest BCUT2D eigenvalue weighted by molar-refractivity contribution is 5.94. The first-order chi connectivity index (χ1) is 15.0. The van der Waals surface area contributed by atoms with Gasteiger partial charge in [0.05, 0.1) is 31.3 Å². The first-order valence-electron chi connectivity index (χ1n) is 10.5. The van der Waals surface area contributed by atoms with E-state index in [4.69, 9.17) is 15.2 Å². The van der Waals surface area contributed by atoms with Crippen molar-refractivity contribution in [3.63, 3.8) is 0 Å². The average molecular weight is 421 g/mol. The molecule has 0 spiro atoms. The number of aromatic nitrogens is 2.